The monoisotopic (exact) mass is 350 g/mol. The van der Waals surface area contributed by atoms with Crippen molar-refractivity contribution in [2.75, 3.05) is 11.8 Å². The topological polar surface area (TPSA) is 116 Å². The second-order valence-electron chi connectivity index (χ2n) is 4.87. The maximum Gasteiger partial charge on any atom is 0.339 e. The van der Waals surface area contributed by atoms with Gasteiger partial charge in [-0.1, -0.05) is 18.2 Å². The molecule has 0 aliphatic rings. The van der Waals surface area contributed by atoms with Crippen LogP contribution in [-0.2, 0) is 14.8 Å². The minimum atomic E-state index is -4.27. The number of nitro groups is 1. The second-order valence-corrected chi connectivity index (χ2v) is 6.52. The first kappa shape index (κ1) is 17.4. The molecule has 0 spiro atoms. The van der Waals surface area contributed by atoms with Gasteiger partial charge in [0, 0.05) is 6.07 Å². The van der Waals surface area contributed by atoms with E-state index < -0.39 is 31.5 Å². The smallest absolute Gasteiger partial charge is 0.339 e. The molecular formula is C15H14N2O6S. The fraction of sp³-hybridized carbons (Fsp3) is 0.133. The number of para-hydroxylation sites is 1. The molecule has 0 amide bonds. The van der Waals surface area contributed by atoms with Crippen molar-refractivity contribution in [3.8, 4) is 0 Å². The van der Waals surface area contributed by atoms with Crippen molar-refractivity contribution in [3.63, 3.8) is 0 Å². The van der Waals surface area contributed by atoms with Crippen molar-refractivity contribution in [1.82, 2.24) is 0 Å². The number of nitrogens with zero attached hydrogens (tertiary/aromatic N) is 1. The summed E-state index contributed by atoms with van der Waals surface area (Å²) >= 11 is 0. The van der Waals surface area contributed by atoms with Crippen molar-refractivity contribution in [2.45, 2.75) is 11.8 Å². The third kappa shape index (κ3) is 3.51. The number of anilines is 1. The molecule has 0 fully saturated rings. The molecule has 0 saturated carbocycles. The zero-order chi connectivity index (χ0) is 17.9. The van der Waals surface area contributed by atoms with Crippen LogP contribution in [0, 0.1) is 17.0 Å². The number of aryl methyl sites for hydroxylation is 1. The van der Waals surface area contributed by atoms with Crippen LogP contribution in [0.4, 0.5) is 11.4 Å². The van der Waals surface area contributed by atoms with Gasteiger partial charge in [-0.25, -0.2) is 13.2 Å². The first-order valence-corrected chi connectivity index (χ1v) is 8.20. The van der Waals surface area contributed by atoms with Crippen molar-refractivity contribution in [1.29, 1.82) is 0 Å². The van der Waals surface area contributed by atoms with E-state index in [4.69, 9.17) is 0 Å². The normalized spacial score (nSPS) is 10.9. The molecule has 0 heterocycles. The summed E-state index contributed by atoms with van der Waals surface area (Å²) in [5, 5.41) is 11.1. The standard InChI is InChI=1S/C15H14N2O6S/c1-10-7-8-14(13(9-10)17(19)20)24(21,22)16-12-6-4-3-5-11(12)15(18)23-2/h3-9,16H,1-2H3. The van der Waals surface area contributed by atoms with Crippen molar-refractivity contribution in [3.05, 3.63) is 63.7 Å². The minimum Gasteiger partial charge on any atom is -0.465 e. The van der Waals surface area contributed by atoms with Crippen LogP contribution in [0.25, 0.3) is 0 Å². The van der Waals surface area contributed by atoms with E-state index in [1.165, 1.54) is 37.4 Å². The fourth-order valence-corrected chi connectivity index (χ4v) is 3.29. The molecule has 2 aromatic carbocycles. The number of nitrogens with one attached hydrogen (secondary N) is 1. The van der Waals surface area contributed by atoms with E-state index in [0.29, 0.717) is 5.56 Å². The SMILES string of the molecule is COC(=O)c1ccccc1NS(=O)(=O)c1ccc(C)cc1[N+](=O)[O-]. The molecule has 2 rings (SSSR count). The predicted molar refractivity (Wildman–Crippen MR) is 86.4 cm³/mol. The average molecular weight is 350 g/mol. The van der Waals surface area contributed by atoms with Gasteiger partial charge in [0.2, 0.25) is 0 Å². The Balaban J connectivity index is 2.52. The van der Waals surface area contributed by atoms with E-state index >= 15 is 0 Å². The molecule has 24 heavy (non-hydrogen) atoms. The Hall–Kier alpha value is -2.94. The van der Waals surface area contributed by atoms with Gasteiger partial charge in [-0.3, -0.25) is 14.8 Å². The Kier molecular flexibility index (Phi) is 4.84. The van der Waals surface area contributed by atoms with Crippen molar-refractivity contribution >= 4 is 27.4 Å². The molecule has 0 aliphatic carbocycles. The molecule has 9 heteroatoms. The summed E-state index contributed by atoms with van der Waals surface area (Å²) in [4.78, 5) is 21.6. The number of esters is 1. The van der Waals surface area contributed by atoms with Gasteiger partial charge in [0.15, 0.2) is 4.90 Å². The van der Waals surface area contributed by atoms with E-state index in [1.54, 1.807) is 13.0 Å². The lowest BCUT2D eigenvalue weighted by Gasteiger charge is -2.11. The quantitative estimate of drug-likeness (QED) is 0.503. The number of methoxy groups -OCH3 is 1. The lowest BCUT2D eigenvalue weighted by Crippen LogP contribution is -2.17. The maximum atomic E-state index is 12.5. The Bertz CT molecular complexity index is 908. The van der Waals surface area contributed by atoms with Crippen LogP contribution >= 0.6 is 0 Å². The molecule has 2 aromatic rings. The Morgan fingerprint density at radius 3 is 2.50 bits per heavy atom. The highest BCUT2D eigenvalue weighted by molar-refractivity contribution is 7.92. The Morgan fingerprint density at radius 2 is 1.88 bits per heavy atom. The highest BCUT2D eigenvalue weighted by Gasteiger charge is 2.27. The molecule has 0 atom stereocenters. The van der Waals surface area contributed by atoms with Crippen LogP contribution in [0.1, 0.15) is 15.9 Å². The van der Waals surface area contributed by atoms with E-state index in [2.05, 4.69) is 9.46 Å². The van der Waals surface area contributed by atoms with Crippen LogP contribution in [0.15, 0.2) is 47.4 Å². The van der Waals surface area contributed by atoms with Gasteiger partial charge in [-0.05, 0) is 30.7 Å². The zero-order valence-corrected chi connectivity index (χ0v) is 13.7. The zero-order valence-electron chi connectivity index (χ0n) is 12.8. The number of hydrogen-bond acceptors (Lipinski definition) is 6. The molecule has 0 aliphatic heterocycles. The Labute approximate surface area is 138 Å². The first-order chi connectivity index (χ1) is 11.3. The van der Waals surface area contributed by atoms with Crippen molar-refractivity contribution in [2.24, 2.45) is 0 Å². The summed E-state index contributed by atoms with van der Waals surface area (Å²) in [5.74, 6) is -0.730. The summed E-state index contributed by atoms with van der Waals surface area (Å²) in [6, 6.07) is 9.58. The summed E-state index contributed by atoms with van der Waals surface area (Å²) in [6.45, 7) is 1.61. The lowest BCUT2D eigenvalue weighted by molar-refractivity contribution is -0.387. The first-order valence-electron chi connectivity index (χ1n) is 6.71. The predicted octanol–water partition coefficient (Wildman–Crippen LogP) is 2.49. The van der Waals surface area contributed by atoms with Crippen LogP contribution in [0.3, 0.4) is 0 Å². The maximum absolute atomic E-state index is 12.5. The van der Waals surface area contributed by atoms with Gasteiger partial charge >= 0.3 is 5.97 Å². The number of benzene rings is 2. The molecular weight excluding hydrogens is 336 g/mol. The van der Waals surface area contributed by atoms with Gasteiger partial charge in [-0.15, -0.1) is 0 Å². The number of ether oxygens (including phenoxy) is 1. The number of rotatable bonds is 5. The highest BCUT2D eigenvalue weighted by atomic mass is 32.2. The number of sulfonamides is 1. The average Bonchev–Trinajstić information content (AvgIpc) is 2.53. The number of carbonyl (C=O) groups is 1. The number of carbonyl (C=O) groups excluding carboxylic acids is 1. The molecule has 126 valence electrons. The van der Waals surface area contributed by atoms with Crippen LogP contribution in [0.5, 0.6) is 0 Å². The van der Waals surface area contributed by atoms with Crippen LogP contribution in [0.2, 0.25) is 0 Å². The number of nitro benzene ring substituents is 1. The third-order valence-electron chi connectivity index (χ3n) is 3.18. The van der Waals surface area contributed by atoms with Gasteiger partial charge in [0.05, 0.1) is 23.3 Å². The van der Waals surface area contributed by atoms with E-state index in [1.807, 2.05) is 0 Å². The van der Waals surface area contributed by atoms with E-state index in [9.17, 15) is 23.3 Å². The molecule has 0 unspecified atom stereocenters. The molecule has 0 saturated heterocycles. The summed E-state index contributed by atoms with van der Waals surface area (Å²) in [5.41, 5.74) is -0.0220. The molecule has 0 bridgehead atoms. The summed E-state index contributed by atoms with van der Waals surface area (Å²) in [7, 11) is -3.10. The summed E-state index contributed by atoms with van der Waals surface area (Å²) in [6.07, 6.45) is 0. The van der Waals surface area contributed by atoms with Gasteiger partial charge in [0.25, 0.3) is 15.7 Å². The largest absolute Gasteiger partial charge is 0.465 e. The molecule has 0 radical (unpaired) electrons. The molecule has 8 nitrogen and oxygen atoms in total. The molecule has 0 aromatic heterocycles. The number of hydrogen-bond donors (Lipinski definition) is 1. The fourth-order valence-electron chi connectivity index (χ4n) is 2.06. The van der Waals surface area contributed by atoms with E-state index in [0.717, 1.165) is 6.07 Å². The van der Waals surface area contributed by atoms with Crippen molar-refractivity contribution < 1.29 is 22.9 Å². The Morgan fingerprint density at radius 1 is 1.21 bits per heavy atom. The van der Waals surface area contributed by atoms with Crippen LogP contribution in [-0.4, -0.2) is 26.4 Å². The lowest BCUT2D eigenvalue weighted by atomic mass is 10.2. The second kappa shape index (κ2) is 6.67. The highest BCUT2D eigenvalue weighted by Crippen LogP contribution is 2.28. The third-order valence-corrected chi connectivity index (χ3v) is 4.59. The molecule has 1 N–H and O–H groups in total. The minimum absolute atomic E-state index is 0.00154. The van der Waals surface area contributed by atoms with Gasteiger partial charge < -0.3 is 4.74 Å². The van der Waals surface area contributed by atoms with Gasteiger partial charge in [-0.2, -0.15) is 0 Å². The summed E-state index contributed by atoms with van der Waals surface area (Å²) < 4.78 is 31.9. The van der Waals surface area contributed by atoms with E-state index in [-0.39, 0.29) is 11.3 Å². The van der Waals surface area contributed by atoms with Crippen LogP contribution < -0.4 is 4.72 Å². The van der Waals surface area contributed by atoms with Gasteiger partial charge in [0.1, 0.15) is 0 Å².